The van der Waals surface area contributed by atoms with Crippen LogP contribution in [0.1, 0.15) is 0 Å². The smallest absolute Gasteiger partial charge is 0.414 e. The topological polar surface area (TPSA) is 80.1 Å². The number of carbonyl (C=O) groups is 1. The molecular formula is C17H19FN4O4. The predicted octanol–water partition coefficient (Wildman–Crippen LogP) is 2.09. The van der Waals surface area contributed by atoms with Crippen molar-refractivity contribution in [2.75, 3.05) is 54.6 Å². The number of amides is 1. The third-order valence-electron chi connectivity index (χ3n) is 4.48. The molecular weight excluding hydrogens is 343 g/mol. The van der Waals surface area contributed by atoms with E-state index in [-0.39, 0.29) is 18.5 Å². The average molecular weight is 362 g/mol. The molecule has 2 aromatic rings. The van der Waals surface area contributed by atoms with E-state index >= 15 is 0 Å². The number of hydrogen-bond donors (Lipinski definition) is 1. The Bertz CT molecular complexity index is 764. The fourth-order valence-electron chi connectivity index (χ4n) is 3.16. The second-order valence-electron chi connectivity index (χ2n) is 6.10. The Hall–Kier alpha value is -2.81. The molecule has 0 bridgehead atoms. The van der Waals surface area contributed by atoms with Crippen molar-refractivity contribution < 1.29 is 23.2 Å². The largest absolute Gasteiger partial charge is 0.447 e. The molecule has 1 N–H and O–H groups in total. The number of nitrogens with one attached hydrogen (secondary N) is 1. The Morgan fingerprint density at radius 2 is 2.12 bits per heavy atom. The molecule has 26 heavy (non-hydrogen) atoms. The number of cyclic esters (lactones) is 1. The van der Waals surface area contributed by atoms with E-state index in [0.29, 0.717) is 50.0 Å². The summed E-state index contributed by atoms with van der Waals surface area (Å²) in [5, 5.41) is 6.84. The van der Waals surface area contributed by atoms with Gasteiger partial charge in [-0.1, -0.05) is 5.16 Å². The Kier molecular flexibility index (Phi) is 4.61. The number of benzene rings is 1. The highest BCUT2D eigenvalue weighted by Crippen LogP contribution is 2.29. The number of aromatic nitrogens is 1. The molecule has 8 nitrogen and oxygen atoms in total. The summed E-state index contributed by atoms with van der Waals surface area (Å²) in [6.07, 6.45) is 0.964. The summed E-state index contributed by atoms with van der Waals surface area (Å²) in [6.45, 7) is 3.07. The van der Waals surface area contributed by atoms with Gasteiger partial charge in [0.05, 0.1) is 30.6 Å². The van der Waals surface area contributed by atoms with Crippen molar-refractivity contribution in [3.8, 4) is 0 Å². The maximum atomic E-state index is 14.7. The van der Waals surface area contributed by atoms with Gasteiger partial charge in [-0.2, -0.15) is 0 Å². The van der Waals surface area contributed by atoms with Gasteiger partial charge in [-0.25, -0.2) is 9.18 Å². The molecule has 3 heterocycles. The van der Waals surface area contributed by atoms with Crippen LogP contribution in [0.4, 0.5) is 26.4 Å². The van der Waals surface area contributed by atoms with Crippen LogP contribution in [0.15, 0.2) is 35.1 Å². The van der Waals surface area contributed by atoms with Crippen molar-refractivity contribution >= 4 is 23.3 Å². The Morgan fingerprint density at radius 3 is 2.85 bits per heavy atom. The van der Waals surface area contributed by atoms with Crippen molar-refractivity contribution in [3.05, 3.63) is 36.3 Å². The van der Waals surface area contributed by atoms with Gasteiger partial charge in [-0.05, 0) is 18.2 Å². The molecule has 2 aliphatic rings. The summed E-state index contributed by atoms with van der Waals surface area (Å²) in [4.78, 5) is 15.5. The lowest BCUT2D eigenvalue weighted by atomic mass is 10.2. The van der Waals surface area contributed by atoms with Crippen LogP contribution < -0.4 is 15.1 Å². The molecule has 2 saturated heterocycles. The highest BCUT2D eigenvalue weighted by Gasteiger charge is 2.34. The second-order valence-corrected chi connectivity index (χ2v) is 6.10. The first-order valence-electron chi connectivity index (χ1n) is 8.45. The molecule has 138 valence electrons. The summed E-state index contributed by atoms with van der Waals surface area (Å²) < 4.78 is 29.9. The predicted molar refractivity (Wildman–Crippen MR) is 92.0 cm³/mol. The van der Waals surface area contributed by atoms with E-state index in [4.69, 9.17) is 14.0 Å². The SMILES string of the molecule is O=C1OC[C@H](CNc2ccon2)N1c1ccc(N2CCOCC2)c(F)c1. The third-order valence-corrected chi connectivity index (χ3v) is 4.48. The number of ether oxygens (including phenoxy) is 2. The van der Waals surface area contributed by atoms with Crippen LogP contribution in [0.5, 0.6) is 0 Å². The van der Waals surface area contributed by atoms with Crippen LogP contribution in [-0.2, 0) is 9.47 Å². The van der Waals surface area contributed by atoms with E-state index in [1.807, 2.05) is 4.90 Å². The lowest BCUT2D eigenvalue weighted by Gasteiger charge is -2.30. The van der Waals surface area contributed by atoms with E-state index in [9.17, 15) is 9.18 Å². The van der Waals surface area contributed by atoms with Gasteiger partial charge in [0.1, 0.15) is 18.7 Å². The van der Waals surface area contributed by atoms with Gasteiger partial charge >= 0.3 is 6.09 Å². The zero-order valence-corrected chi connectivity index (χ0v) is 14.1. The zero-order valence-electron chi connectivity index (χ0n) is 14.1. The highest BCUT2D eigenvalue weighted by atomic mass is 19.1. The van der Waals surface area contributed by atoms with Crippen LogP contribution in [0, 0.1) is 5.82 Å². The van der Waals surface area contributed by atoms with Gasteiger partial charge in [-0.15, -0.1) is 0 Å². The number of carbonyl (C=O) groups excluding carboxylic acids is 1. The normalized spacial score (nSPS) is 20.3. The van der Waals surface area contributed by atoms with E-state index in [1.54, 1.807) is 18.2 Å². The van der Waals surface area contributed by atoms with Crippen LogP contribution >= 0.6 is 0 Å². The highest BCUT2D eigenvalue weighted by molar-refractivity contribution is 5.90. The van der Waals surface area contributed by atoms with E-state index in [2.05, 4.69) is 10.5 Å². The minimum absolute atomic E-state index is 0.219. The number of rotatable bonds is 5. The van der Waals surface area contributed by atoms with Gasteiger partial charge < -0.3 is 24.2 Å². The van der Waals surface area contributed by atoms with E-state index in [0.717, 1.165) is 0 Å². The third kappa shape index (κ3) is 3.30. The molecule has 0 unspecified atom stereocenters. The van der Waals surface area contributed by atoms with Gasteiger partial charge in [0, 0.05) is 25.7 Å². The van der Waals surface area contributed by atoms with Gasteiger partial charge in [0.15, 0.2) is 5.82 Å². The number of anilines is 3. The summed E-state index contributed by atoms with van der Waals surface area (Å²) in [5.41, 5.74) is 0.982. The molecule has 2 fully saturated rings. The first kappa shape index (κ1) is 16.6. The molecule has 1 atom stereocenters. The number of halogens is 1. The summed E-state index contributed by atoms with van der Waals surface area (Å²) in [7, 11) is 0. The van der Waals surface area contributed by atoms with Crippen LogP contribution in [-0.4, -0.2) is 56.7 Å². The van der Waals surface area contributed by atoms with Crippen molar-refractivity contribution in [1.82, 2.24) is 5.16 Å². The second kappa shape index (κ2) is 7.20. The van der Waals surface area contributed by atoms with Gasteiger partial charge in [-0.3, -0.25) is 4.90 Å². The molecule has 1 amide bonds. The number of hydrogen-bond acceptors (Lipinski definition) is 7. The number of morpholine rings is 1. The van der Waals surface area contributed by atoms with Crippen LogP contribution in [0.25, 0.3) is 0 Å². The zero-order chi connectivity index (χ0) is 17.9. The monoisotopic (exact) mass is 362 g/mol. The molecule has 1 aromatic carbocycles. The van der Waals surface area contributed by atoms with Crippen LogP contribution in [0.2, 0.25) is 0 Å². The Balaban J connectivity index is 1.50. The lowest BCUT2D eigenvalue weighted by molar-refractivity contribution is 0.122. The van der Waals surface area contributed by atoms with Crippen molar-refractivity contribution in [1.29, 1.82) is 0 Å². The van der Waals surface area contributed by atoms with Gasteiger partial charge in [0.25, 0.3) is 0 Å². The fraction of sp³-hybridized carbons (Fsp3) is 0.412. The first-order chi connectivity index (χ1) is 12.7. The number of nitrogens with zero attached hydrogens (tertiary/aromatic N) is 3. The van der Waals surface area contributed by atoms with Gasteiger partial charge in [0.2, 0.25) is 0 Å². The molecule has 0 radical (unpaired) electrons. The molecule has 1 aromatic heterocycles. The standard InChI is InChI=1S/C17H19FN4O4/c18-14-9-12(1-2-15(14)21-4-7-24-8-5-21)22-13(11-25-17(22)23)10-19-16-3-6-26-20-16/h1-3,6,9,13H,4-5,7-8,10-11H2,(H,19,20)/t13-/m0/s1. The minimum Gasteiger partial charge on any atom is -0.447 e. The fourth-order valence-corrected chi connectivity index (χ4v) is 3.16. The first-order valence-corrected chi connectivity index (χ1v) is 8.45. The van der Waals surface area contributed by atoms with E-state index in [1.165, 1.54) is 17.2 Å². The average Bonchev–Trinajstić information content (AvgIpc) is 3.30. The van der Waals surface area contributed by atoms with Crippen LogP contribution in [0.3, 0.4) is 0 Å². The molecule has 9 heteroatoms. The summed E-state index contributed by atoms with van der Waals surface area (Å²) in [6, 6.07) is 6.22. The quantitative estimate of drug-likeness (QED) is 0.872. The van der Waals surface area contributed by atoms with Crippen molar-refractivity contribution in [3.63, 3.8) is 0 Å². The molecule has 0 spiro atoms. The van der Waals surface area contributed by atoms with Crippen molar-refractivity contribution in [2.24, 2.45) is 0 Å². The summed E-state index contributed by atoms with van der Waals surface area (Å²) in [5.74, 6) is 0.199. The maximum Gasteiger partial charge on any atom is 0.414 e. The molecule has 0 aliphatic carbocycles. The van der Waals surface area contributed by atoms with E-state index < -0.39 is 6.09 Å². The molecule has 4 rings (SSSR count). The molecule has 2 aliphatic heterocycles. The lowest BCUT2D eigenvalue weighted by Crippen LogP contribution is -2.39. The molecule has 0 saturated carbocycles. The maximum absolute atomic E-state index is 14.7. The minimum atomic E-state index is -0.490. The van der Waals surface area contributed by atoms with Crippen molar-refractivity contribution in [2.45, 2.75) is 6.04 Å². The summed E-state index contributed by atoms with van der Waals surface area (Å²) >= 11 is 0. The Morgan fingerprint density at radius 1 is 1.27 bits per heavy atom. The Labute approximate surface area is 149 Å².